The summed E-state index contributed by atoms with van der Waals surface area (Å²) in [5.74, 6) is -1.10. The number of hydrogen-bond acceptors (Lipinski definition) is 7. The lowest BCUT2D eigenvalue weighted by Gasteiger charge is -2.12. The summed E-state index contributed by atoms with van der Waals surface area (Å²) in [5, 5.41) is 15.5. The zero-order chi connectivity index (χ0) is 20.7. The number of hydrogen-bond donors (Lipinski definition) is 5. The first kappa shape index (κ1) is 22.0. The molecule has 0 bridgehead atoms. The van der Waals surface area contributed by atoms with Gasteiger partial charge in [0.1, 0.15) is 10.9 Å². The molecule has 0 radical (unpaired) electrons. The third-order valence-electron chi connectivity index (χ3n) is 3.77. The van der Waals surface area contributed by atoms with Crippen molar-refractivity contribution in [1.29, 1.82) is 0 Å². The van der Waals surface area contributed by atoms with E-state index in [1.54, 1.807) is 24.3 Å². The van der Waals surface area contributed by atoms with Crippen molar-refractivity contribution in [2.75, 3.05) is 29.9 Å². The standard InChI is InChI=1S/C17H21N3O6S2/c18-13(17(22)23)9-27-10-16(21)20-8-7-19-14-5-1-4-12-11(14)3-2-6-15(12)28(24,25)26/h1-6,13,19H,7-10,18H2,(H,20,21)(H,22,23)(H,24,25,26). The molecule has 2 aromatic rings. The van der Waals surface area contributed by atoms with Gasteiger partial charge in [0, 0.05) is 35.3 Å². The van der Waals surface area contributed by atoms with Crippen LogP contribution in [0.25, 0.3) is 10.8 Å². The third-order valence-corrected chi connectivity index (χ3v) is 5.74. The molecule has 2 rings (SSSR count). The number of nitrogens with two attached hydrogens (primary N) is 1. The fourth-order valence-corrected chi connectivity index (χ4v) is 3.97. The molecule has 1 unspecified atom stereocenters. The Kier molecular flexibility index (Phi) is 7.63. The van der Waals surface area contributed by atoms with E-state index in [2.05, 4.69) is 10.6 Å². The van der Waals surface area contributed by atoms with Crippen molar-refractivity contribution >= 4 is 50.2 Å². The Morgan fingerprint density at radius 1 is 1.11 bits per heavy atom. The highest BCUT2D eigenvalue weighted by Crippen LogP contribution is 2.28. The molecule has 9 nitrogen and oxygen atoms in total. The van der Waals surface area contributed by atoms with Gasteiger partial charge in [0.15, 0.2) is 0 Å². The van der Waals surface area contributed by atoms with Gasteiger partial charge >= 0.3 is 5.97 Å². The van der Waals surface area contributed by atoms with E-state index in [0.717, 1.165) is 11.8 Å². The number of carboxylic acids is 1. The number of aliphatic carboxylic acids is 1. The van der Waals surface area contributed by atoms with Crippen LogP contribution in [-0.4, -0.2) is 60.6 Å². The molecule has 1 atom stereocenters. The molecule has 0 aliphatic carbocycles. The fraction of sp³-hybridized carbons (Fsp3) is 0.294. The molecule has 6 N–H and O–H groups in total. The van der Waals surface area contributed by atoms with Crippen molar-refractivity contribution in [1.82, 2.24) is 5.32 Å². The second-order valence-corrected chi connectivity index (χ2v) is 8.29. The Labute approximate surface area is 166 Å². The smallest absolute Gasteiger partial charge is 0.321 e. The van der Waals surface area contributed by atoms with Crippen molar-refractivity contribution in [2.45, 2.75) is 10.9 Å². The fourth-order valence-electron chi connectivity index (χ4n) is 2.46. The Morgan fingerprint density at radius 3 is 2.46 bits per heavy atom. The summed E-state index contributed by atoms with van der Waals surface area (Å²) in [5.41, 5.74) is 6.02. The molecule has 0 aliphatic heterocycles. The minimum Gasteiger partial charge on any atom is -0.480 e. The summed E-state index contributed by atoms with van der Waals surface area (Å²) in [6.45, 7) is 0.707. The molecule has 11 heteroatoms. The highest BCUT2D eigenvalue weighted by Gasteiger charge is 2.15. The van der Waals surface area contributed by atoms with Gasteiger partial charge in [-0.3, -0.25) is 14.1 Å². The number of thioether (sulfide) groups is 1. The van der Waals surface area contributed by atoms with Crippen LogP contribution in [0.15, 0.2) is 41.3 Å². The maximum Gasteiger partial charge on any atom is 0.321 e. The van der Waals surface area contributed by atoms with Gasteiger partial charge in [0.25, 0.3) is 10.1 Å². The Hall–Kier alpha value is -2.34. The number of carbonyl (C=O) groups is 2. The van der Waals surface area contributed by atoms with Crippen molar-refractivity contribution in [3.63, 3.8) is 0 Å². The van der Waals surface area contributed by atoms with Crippen molar-refractivity contribution in [3.8, 4) is 0 Å². The summed E-state index contributed by atoms with van der Waals surface area (Å²) in [7, 11) is -4.34. The number of rotatable bonds is 10. The predicted octanol–water partition coefficient (Wildman–Crippen LogP) is 0.760. The number of anilines is 1. The largest absolute Gasteiger partial charge is 0.480 e. The van der Waals surface area contributed by atoms with Gasteiger partial charge in [-0.15, -0.1) is 11.8 Å². The van der Waals surface area contributed by atoms with E-state index in [9.17, 15) is 22.6 Å². The molecule has 152 valence electrons. The van der Waals surface area contributed by atoms with Crippen LogP contribution in [0.2, 0.25) is 0 Å². The average molecular weight is 428 g/mol. The average Bonchev–Trinajstić information content (AvgIpc) is 2.63. The molecule has 2 aromatic carbocycles. The summed E-state index contributed by atoms with van der Waals surface area (Å²) in [6, 6.07) is 8.63. The number of carboxylic acid groups (broad SMARTS) is 1. The van der Waals surface area contributed by atoms with E-state index >= 15 is 0 Å². The van der Waals surface area contributed by atoms with E-state index in [0.29, 0.717) is 29.5 Å². The van der Waals surface area contributed by atoms with Crippen LogP contribution in [0.5, 0.6) is 0 Å². The number of benzene rings is 2. The molecule has 0 fully saturated rings. The first-order valence-corrected chi connectivity index (χ1v) is 10.9. The van der Waals surface area contributed by atoms with Crippen LogP contribution in [-0.2, 0) is 19.7 Å². The summed E-state index contributed by atoms with van der Waals surface area (Å²) >= 11 is 1.14. The number of nitrogens with one attached hydrogen (secondary N) is 2. The molecular formula is C17H21N3O6S2. The number of amides is 1. The first-order valence-electron chi connectivity index (χ1n) is 8.26. The van der Waals surface area contributed by atoms with E-state index < -0.39 is 22.1 Å². The van der Waals surface area contributed by atoms with E-state index in [4.69, 9.17) is 10.8 Å². The van der Waals surface area contributed by atoms with Gasteiger partial charge < -0.3 is 21.5 Å². The molecule has 0 saturated heterocycles. The molecule has 0 aliphatic rings. The Bertz CT molecular complexity index is 965. The van der Waals surface area contributed by atoms with Gasteiger partial charge in [-0.1, -0.05) is 24.3 Å². The van der Waals surface area contributed by atoms with Crippen LogP contribution < -0.4 is 16.4 Å². The quantitative estimate of drug-likeness (QED) is 0.272. The Morgan fingerprint density at radius 2 is 1.79 bits per heavy atom. The molecule has 1 amide bonds. The van der Waals surface area contributed by atoms with Crippen LogP contribution in [0.4, 0.5) is 5.69 Å². The van der Waals surface area contributed by atoms with E-state index in [1.807, 2.05) is 0 Å². The van der Waals surface area contributed by atoms with Crippen LogP contribution >= 0.6 is 11.8 Å². The molecular weight excluding hydrogens is 406 g/mol. The molecule has 0 aromatic heterocycles. The molecule has 0 heterocycles. The Balaban J connectivity index is 1.88. The second kappa shape index (κ2) is 9.73. The monoisotopic (exact) mass is 427 g/mol. The number of fused-ring (bicyclic) bond motifs is 1. The number of carbonyl (C=O) groups excluding carboxylic acids is 1. The lowest BCUT2D eigenvalue weighted by atomic mass is 10.1. The molecule has 0 spiro atoms. The normalized spacial score (nSPS) is 12.5. The highest BCUT2D eigenvalue weighted by molar-refractivity contribution is 8.00. The first-order chi connectivity index (χ1) is 13.2. The lowest BCUT2D eigenvalue weighted by Crippen LogP contribution is -2.34. The predicted molar refractivity (Wildman–Crippen MR) is 108 cm³/mol. The van der Waals surface area contributed by atoms with Crippen LogP contribution in [0.3, 0.4) is 0 Å². The molecule has 0 saturated carbocycles. The van der Waals surface area contributed by atoms with Gasteiger partial charge in [-0.05, 0) is 12.1 Å². The van der Waals surface area contributed by atoms with E-state index in [1.165, 1.54) is 12.1 Å². The van der Waals surface area contributed by atoms with Crippen LogP contribution in [0.1, 0.15) is 0 Å². The van der Waals surface area contributed by atoms with Crippen LogP contribution in [0, 0.1) is 0 Å². The summed E-state index contributed by atoms with van der Waals surface area (Å²) in [6.07, 6.45) is 0. The van der Waals surface area contributed by atoms with Crippen molar-refractivity contribution < 1.29 is 27.7 Å². The maximum atomic E-state index is 11.7. The van der Waals surface area contributed by atoms with Gasteiger partial charge in [0.05, 0.1) is 5.75 Å². The maximum absolute atomic E-state index is 11.7. The van der Waals surface area contributed by atoms with E-state index in [-0.39, 0.29) is 22.3 Å². The third kappa shape index (κ3) is 6.09. The van der Waals surface area contributed by atoms with Gasteiger partial charge in [0.2, 0.25) is 5.91 Å². The summed E-state index contributed by atoms with van der Waals surface area (Å²) in [4.78, 5) is 22.2. The zero-order valence-corrected chi connectivity index (χ0v) is 16.4. The second-order valence-electron chi connectivity index (χ2n) is 5.87. The zero-order valence-electron chi connectivity index (χ0n) is 14.8. The highest BCUT2D eigenvalue weighted by atomic mass is 32.2. The SMILES string of the molecule is NC(CSCC(=O)NCCNc1cccc2c(S(=O)(=O)O)cccc12)C(=O)O. The van der Waals surface area contributed by atoms with Crippen molar-refractivity contribution in [3.05, 3.63) is 36.4 Å². The minimum absolute atomic E-state index is 0.104. The minimum atomic E-state index is -4.34. The topological polar surface area (TPSA) is 159 Å². The van der Waals surface area contributed by atoms with Gasteiger partial charge in [-0.2, -0.15) is 8.42 Å². The van der Waals surface area contributed by atoms with Crippen molar-refractivity contribution in [2.24, 2.45) is 5.73 Å². The molecule has 28 heavy (non-hydrogen) atoms. The summed E-state index contributed by atoms with van der Waals surface area (Å²) < 4.78 is 32.4. The van der Waals surface area contributed by atoms with Gasteiger partial charge in [-0.25, -0.2) is 0 Å². The lowest BCUT2D eigenvalue weighted by molar-refractivity contribution is -0.138.